The summed E-state index contributed by atoms with van der Waals surface area (Å²) in [6.45, 7) is 0.792. The zero-order valence-corrected chi connectivity index (χ0v) is 9.81. The first-order chi connectivity index (χ1) is 7.77. The molecule has 0 aromatic heterocycles. The van der Waals surface area contributed by atoms with Crippen molar-refractivity contribution < 1.29 is 23.1 Å². The largest absolute Gasteiger partial charge is 0.480 e. The highest BCUT2D eigenvalue weighted by Gasteiger charge is 2.57. The van der Waals surface area contributed by atoms with Crippen molar-refractivity contribution in [3.63, 3.8) is 0 Å². The van der Waals surface area contributed by atoms with E-state index in [4.69, 9.17) is 5.11 Å². The molecule has 0 radical (unpaired) electrons. The van der Waals surface area contributed by atoms with Gasteiger partial charge in [0.15, 0.2) is 0 Å². The number of hydrogen-bond acceptors (Lipinski definition) is 2. The van der Waals surface area contributed by atoms with Crippen LogP contribution in [0, 0.1) is 5.92 Å². The van der Waals surface area contributed by atoms with E-state index in [1.165, 1.54) is 0 Å². The number of rotatable bonds is 4. The van der Waals surface area contributed by atoms with Crippen molar-refractivity contribution in [2.75, 3.05) is 6.54 Å². The van der Waals surface area contributed by atoms with Crippen LogP contribution in [0.15, 0.2) is 0 Å². The van der Waals surface area contributed by atoms with Crippen molar-refractivity contribution in [3.8, 4) is 0 Å². The molecule has 6 heteroatoms. The van der Waals surface area contributed by atoms with Crippen LogP contribution in [0.4, 0.5) is 13.2 Å². The summed E-state index contributed by atoms with van der Waals surface area (Å²) in [6, 6.07) is 0. The number of carboxylic acids is 1. The van der Waals surface area contributed by atoms with Crippen LogP contribution in [0.2, 0.25) is 0 Å². The molecule has 0 aliphatic heterocycles. The summed E-state index contributed by atoms with van der Waals surface area (Å²) in [5.41, 5.74) is -2.84. The Morgan fingerprint density at radius 3 is 2.24 bits per heavy atom. The van der Waals surface area contributed by atoms with Gasteiger partial charge in [-0.2, -0.15) is 13.2 Å². The normalized spacial score (nSPS) is 22.1. The molecule has 17 heavy (non-hydrogen) atoms. The Balaban J connectivity index is 2.58. The second-order valence-corrected chi connectivity index (χ2v) is 4.81. The molecule has 0 saturated heterocycles. The van der Waals surface area contributed by atoms with Gasteiger partial charge in [0.1, 0.15) is 0 Å². The molecule has 1 fully saturated rings. The summed E-state index contributed by atoms with van der Waals surface area (Å²) < 4.78 is 38.0. The van der Waals surface area contributed by atoms with Crippen LogP contribution < -0.4 is 5.32 Å². The number of carbonyl (C=O) groups is 1. The maximum Gasteiger partial charge on any atom is 0.417 e. The molecule has 0 spiro atoms. The Kier molecular flexibility index (Phi) is 4.41. The predicted molar refractivity (Wildman–Crippen MR) is 56.7 cm³/mol. The average molecular weight is 253 g/mol. The van der Waals surface area contributed by atoms with E-state index in [-0.39, 0.29) is 12.5 Å². The summed E-state index contributed by atoms with van der Waals surface area (Å²) in [5, 5.41) is 10.9. The molecular formula is C11H18F3NO2. The lowest BCUT2D eigenvalue weighted by Crippen LogP contribution is -2.61. The summed E-state index contributed by atoms with van der Waals surface area (Å²) in [5.74, 6) is -1.72. The zero-order valence-electron chi connectivity index (χ0n) is 9.81. The predicted octanol–water partition coefficient (Wildman–Crippen LogP) is 2.56. The monoisotopic (exact) mass is 253 g/mol. The molecule has 0 aromatic carbocycles. The van der Waals surface area contributed by atoms with Gasteiger partial charge in [-0.25, -0.2) is 4.79 Å². The Hall–Kier alpha value is -0.780. The zero-order chi connectivity index (χ0) is 13.1. The van der Waals surface area contributed by atoms with Gasteiger partial charge in [0.2, 0.25) is 5.54 Å². The highest BCUT2D eigenvalue weighted by Crippen LogP contribution is 2.31. The van der Waals surface area contributed by atoms with Gasteiger partial charge < -0.3 is 5.11 Å². The van der Waals surface area contributed by atoms with Gasteiger partial charge >= 0.3 is 12.1 Å². The van der Waals surface area contributed by atoms with Crippen molar-refractivity contribution in [2.45, 2.75) is 50.7 Å². The van der Waals surface area contributed by atoms with E-state index in [0.29, 0.717) is 6.92 Å². The number of alkyl halides is 3. The van der Waals surface area contributed by atoms with Crippen LogP contribution in [0.5, 0.6) is 0 Å². The first-order valence-corrected chi connectivity index (χ1v) is 5.82. The van der Waals surface area contributed by atoms with E-state index in [1.807, 2.05) is 0 Å². The van der Waals surface area contributed by atoms with Gasteiger partial charge in [0, 0.05) is 0 Å². The van der Waals surface area contributed by atoms with Crippen molar-refractivity contribution in [1.82, 2.24) is 5.32 Å². The smallest absolute Gasteiger partial charge is 0.417 e. The average Bonchev–Trinajstić information content (AvgIpc) is 2.25. The lowest BCUT2D eigenvalue weighted by atomic mass is 9.88. The minimum Gasteiger partial charge on any atom is -0.480 e. The van der Waals surface area contributed by atoms with Crippen molar-refractivity contribution in [2.24, 2.45) is 5.92 Å². The Morgan fingerprint density at radius 2 is 1.82 bits per heavy atom. The molecular weight excluding hydrogens is 235 g/mol. The maximum atomic E-state index is 12.7. The molecule has 1 rings (SSSR count). The third kappa shape index (κ3) is 3.34. The highest BCUT2D eigenvalue weighted by atomic mass is 19.4. The van der Waals surface area contributed by atoms with Gasteiger partial charge in [-0.3, -0.25) is 5.32 Å². The van der Waals surface area contributed by atoms with Crippen LogP contribution in [0.3, 0.4) is 0 Å². The topological polar surface area (TPSA) is 49.3 Å². The number of halogens is 3. The third-order valence-electron chi connectivity index (χ3n) is 3.46. The minimum absolute atomic E-state index is 0.113. The molecule has 1 saturated carbocycles. The number of aliphatic carboxylic acids is 1. The van der Waals surface area contributed by atoms with Gasteiger partial charge in [-0.15, -0.1) is 0 Å². The molecule has 2 N–H and O–H groups in total. The molecule has 0 amide bonds. The van der Waals surface area contributed by atoms with Crippen LogP contribution >= 0.6 is 0 Å². The number of hydrogen-bond donors (Lipinski definition) is 2. The fraction of sp³-hybridized carbons (Fsp3) is 0.909. The van der Waals surface area contributed by atoms with Gasteiger partial charge in [0.25, 0.3) is 0 Å². The maximum absolute atomic E-state index is 12.7. The highest BCUT2D eigenvalue weighted by molar-refractivity contribution is 5.79. The lowest BCUT2D eigenvalue weighted by molar-refractivity contribution is -0.206. The van der Waals surface area contributed by atoms with Crippen molar-refractivity contribution in [3.05, 3.63) is 0 Å². The van der Waals surface area contributed by atoms with E-state index in [0.717, 1.165) is 32.1 Å². The van der Waals surface area contributed by atoms with Crippen molar-refractivity contribution in [1.29, 1.82) is 0 Å². The van der Waals surface area contributed by atoms with Gasteiger partial charge in [-0.05, 0) is 32.2 Å². The standard InChI is InChI=1S/C11H18F3NO2/c1-10(9(16)17,11(12,13)14)15-7-8-5-3-2-4-6-8/h8,15H,2-7H2,1H3,(H,16,17). The summed E-state index contributed by atoms with van der Waals surface area (Å²) in [4.78, 5) is 10.8. The van der Waals surface area contributed by atoms with Crippen molar-refractivity contribution >= 4 is 5.97 Å². The van der Waals surface area contributed by atoms with Gasteiger partial charge in [0.05, 0.1) is 0 Å². The van der Waals surface area contributed by atoms with Crippen LogP contribution in [-0.2, 0) is 4.79 Å². The Morgan fingerprint density at radius 1 is 1.29 bits per heavy atom. The number of nitrogens with one attached hydrogen (secondary N) is 1. The minimum atomic E-state index is -4.78. The SMILES string of the molecule is CC(NCC1CCCCC1)(C(=O)O)C(F)(F)F. The second-order valence-electron chi connectivity index (χ2n) is 4.81. The Labute approximate surface area is 98.4 Å². The molecule has 0 bridgehead atoms. The molecule has 0 aromatic rings. The summed E-state index contributed by atoms with van der Waals surface area (Å²) >= 11 is 0. The quantitative estimate of drug-likeness (QED) is 0.809. The van der Waals surface area contributed by atoms with Crippen LogP contribution in [0.25, 0.3) is 0 Å². The first-order valence-electron chi connectivity index (χ1n) is 5.82. The molecule has 3 nitrogen and oxygen atoms in total. The molecule has 1 atom stereocenters. The first kappa shape index (κ1) is 14.3. The van der Waals surface area contributed by atoms with E-state index in [2.05, 4.69) is 5.32 Å². The Bertz CT molecular complexity index is 274. The van der Waals surface area contributed by atoms with E-state index in [9.17, 15) is 18.0 Å². The van der Waals surface area contributed by atoms with E-state index >= 15 is 0 Å². The number of carboxylic acid groups (broad SMARTS) is 1. The summed E-state index contributed by atoms with van der Waals surface area (Å²) in [7, 11) is 0. The summed E-state index contributed by atoms with van der Waals surface area (Å²) in [6.07, 6.45) is 0.116. The third-order valence-corrected chi connectivity index (χ3v) is 3.46. The fourth-order valence-electron chi connectivity index (χ4n) is 2.04. The molecule has 1 aliphatic rings. The molecule has 100 valence electrons. The van der Waals surface area contributed by atoms with Crippen LogP contribution in [-0.4, -0.2) is 29.3 Å². The fourth-order valence-corrected chi connectivity index (χ4v) is 2.04. The molecule has 1 unspecified atom stereocenters. The molecule has 1 aliphatic carbocycles. The lowest BCUT2D eigenvalue weighted by Gasteiger charge is -2.31. The van der Waals surface area contributed by atoms with Crippen LogP contribution in [0.1, 0.15) is 39.0 Å². The van der Waals surface area contributed by atoms with Gasteiger partial charge in [-0.1, -0.05) is 19.3 Å². The van der Waals surface area contributed by atoms with E-state index in [1.54, 1.807) is 0 Å². The molecule has 0 heterocycles. The van der Waals surface area contributed by atoms with E-state index < -0.39 is 17.7 Å². The second kappa shape index (κ2) is 5.25.